The quantitative estimate of drug-likeness (QED) is 0.855. The molecule has 0 saturated carbocycles. The Hall–Kier alpha value is -2.16. The van der Waals surface area contributed by atoms with Gasteiger partial charge in [0.1, 0.15) is 0 Å². The van der Waals surface area contributed by atoms with Gasteiger partial charge in [-0.1, -0.05) is 24.3 Å². The van der Waals surface area contributed by atoms with Crippen LogP contribution in [0.5, 0.6) is 11.5 Å². The average Bonchev–Trinajstić information content (AvgIpc) is 2.47. The molecule has 3 nitrogen and oxygen atoms in total. The molecule has 0 aliphatic heterocycles. The number of rotatable bonds is 6. The van der Waals surface area contributed by atoms with Crippen molar-refractivity contribution in [3.05, 3.63) is 54.1 Å². The molecule has 0 aliphatic rings. The summed E-state index contributed by atoms with van der Waals surface area (Å²) in [6.45, 7) is 3.36. The minimum atomic E-state index is 0.631. The third kappa shape index (κ3) is 3.65. The van der Waals surface area contributed by atoms with Gasteiger partial charge in [0.15, 0.2) is 11.5 Å². The van der Waals surface area contributed by atoms with Crippen molar-refractivity contribution in [2.45, 2.75) is 13.5 Å². The molecular formula is C16H19NO2. The maximum absolute atomic E-state index is 5.57. The first-order valence-electron chi connectivity index (χ1n) is 6.42. The van der Waals surface area contributed by atoms with E-state index in [1.165, 1.54) is 0 Å². The summed E-state index contributed by atoms with van der Waals surface area (Å²) in [6.07, 6.45) is 0. The minimum absolute atomic E-state index is 0.631. The first kappa shape index (κ1) is 13.3. The topological polar surface area (TPSA) is 30.5 Å². The molecule has 0 saturated heterocycles. The fraction of sp³-hybridized carbons (Fsp3) is 0.250. The molecule has 1 N–H and O–H groups in total. The summed E-state index contributed by atoms with van der Waals surface area (Å²) in [6, 6.07) is 16.1. The van der Waals surface area contributed by atoms with Crippen molar-refractivity contribution < 1.29 is 9.47 Å². The molecule has 0 spiro atoms. The number of ether oxygens (including phenoxy) is 2. The lowest BCUT2D eigenvalue weighted by Crippen LogP contribution is -2.01. The van der Waals surface area contributed by atoms with E-state index < -0.39 is 0 Å². The Labute approximate surface area is 114 Å². The molecular weight excluding hydrogens is 238 g/mol. The van der Waals surface area contributed by atoms with Gasteiger partial charge in [-0.3, -0.25) is 0 Å². The maximum atomic E-state index is 5.57. The molecule has 2 aromatic carbocycles. The van der Waals surface area contributed by atoms with Crippen LogP contribution in [0.3, 0.4) is 0 Å². The van der Waals surface area contributed by atoms with Crippen molar-refractivity contribution in [1.29, 1.82) is 0 Å². The number of methoxy groups -OCH3 is 1. The van der Waals surface area contributed by atoms with Gasteiger partial charge in [0.2, 0.25) is 0 Å². The Balaban J connectivity index is 2.06. The number of para-hydroxylation sites is 1. The summed E-state index contributed by atoms with van der Waals surface area (Å²) in [5.41, 5.74) is 2.27. The van der Waals surface area contributed by atoms with E-state index in [-0.39, 0.29) is 0 Å². The first-order valence-corrected chi connectivity index (χ1v) is 6.42. The molecule has 0 unspecified atom stereocenters. The highest BCUT2D eigenvalue weighted by atomic mass is 16.5. The van der Waals surface area contributed by atoms with Crippen LogP contribution in [0.25, 0.3) is 0 Å². The predicted molar refractivity (Wildman–Crippen MR) is 77.9 cm³/mol. The van der Waals surface area contributed by atoms with Crippen LogP contribution in [0.2, 0.25) is 0 Å². The van der Waals surface area contributed by atoms with Crippen molar-refractivity contribution in [2.24, 2.45) is 0 Å². The second-order valence-corrected chi connectivity index (χ2v) is 4.14. The van der Waals surface area contributed by atoms with Gasteiger partial charge in [0.25, 0.3) is 0 Å². The number of hydrogen-bond acceptors (Lipinski definition) is 3. The van der Waals surface area contributed by atoms with Crippen molar-refractivity contribution in [3.8, 4) is 11.5 Å². The Morgan fingerprint density at radius 2 is 1.79 bits per heavy atom. The van der Waals surface area contributed by atoms with Gasteiger partial charge >= 0.3 is 0 Å². The summed E-state index contributed by atoms with van der Waals surface area (Å²) >= 11 is 0. The predicted octanol–water partition coefficient (Wildman–Crippen LogP) is 3.71. The average molecular weight is 257 g/mol. The van der Waals surface area contributed by atoms with E-state index in [1.54, 1.807) is 7.11 Å². The second-order valence-electron chi connectivity index (χ2n) is 4.14. The minimum Gasteiger partial charge on any atom is -0.493 e. The maximum Gasteiger partial charge on any atom is 0.161 e. The zero-order valence-electron chi connectivity index (χ0n) is 11.3. The van der Waals surface area contributed by atoms with E-state index in [4.69, 9.17) is 9.47 Å². The van der Waals surface area contributed by atoms with Gasteiger partial charge < -0.3 is 14.8 Å². The van der Waals surface area contributed by atoms with Gasteiger partial charge in [0.05, 0.1) is 13.7 Å². The van der Waals surface area contributed by atoms with Gasteiger partial charge in [0, 0.05) is 12.2 Å². The van der Waals surface area contributed by atoms with Crippen molar-refractivity contribution in [2.75, 3.05) is 19.0 Å². The van der Waals surface area contributed by atoms with E-state index in [0.29, 0.717) is 6.61 Å². The van der Waals surface area contributed by atoms with Crippen molar-refractivity contribution in [3.63, 3.8) is 0 Å². The third-order valence-electron chi connectivity index (χ3n) is 2.80. The van der Waals surface area contributed by atoms with Gasteiger partial charge in [-0.15, -0.1) is 0 Å². The molecule has 0 atom stereocenters. The first-order chi connectivity index (χ1) is 9.33. The van der Waals surface area contributed by atoms with Crippen LogP contribution in [0.4, 0.5) is 5.69 Å². The normalized spacial score (nSPS) is 10.0. The fourth-order valence-corrected chi connectivity index (χ4v) is 1.86. The molecule has 0 fully saturated rings. The van der Waals surface area contributed by atoms with E-state index in [2.05, 4.69) is 5.32 Å². The summed E-state index contributed by atoms with van der Waals surface area (Å²) in [5, 5.41) is 3.37. The van der Waals surface area contributed by atoms with E-state index in [9.17, 15) is 0 Å². The van der Waals surface area contributed by atoms with Gasteiger partial charge in [-0.2, -0.15) is 0 Å². The summed E-state index contributed by atoms with van der Waals surface area (Å²) in [7, 11) is 1.65. The zero-order valence-corrected chi connectivity index (χ0v) is 11.3. The standard InChI is InChI=1S/C16H19NO2/c1-3-19-16-11-13(9-10-15(16)18-2)12-17-14-7-5-4-6-8-14/h4-11,17H,3,12H2,1-2H3. The second kappa shape index (κ2) is 6.69. The van der Waals surface area contributed by atoms with Crippen LogP contribution in [0, 0.1) is 0 Å². The van der Waals surface area contributed by atoms with E-state index in [1.807, 2.05) is 55.5 Å². The summed E-state index contributed by atoms with van der Waals surface area (Å²) in [4.78, 5) is 0. The molecule has 100 valence electrons. The molecule has 0 amide bonds. The van der Waals surface area contributed by atoms with Gasteiger partial charge in [-0.25, -0.2) is 0 Å². The molecule has 0 heterocycles. The highest BCUT2D eigenvalue weighted by Gasteiger charge is 2.05. The number of nitrogens with one attached hydrogen (secondary N) is 1. The molecule has 0 aromatic heterocycles. The lowest BCUT2D eigenvalue weighted by atomic mass is 10.2. The zero-order chi connectivity index (χ0) is 13.5. The lowest BCUT2D eigenvalue weighted by molar-refractivity contribution is 0.310. The smallest absolute Gasteiger partial charge is 0.161 e. The number of anilines is 1. The molecule has 2 aromatic rings. The molecule has 2 rings (SSSR count). The highest BCUT2D eigenvalue weighted by Crippen LogP contribution is 2.28. The van der Waals surface area contributed by atoms with E-state index in [0.717, 1.165) is 29.3 Å². The Morgan fingerprint density at radius 3 is 2.47 bits per heavy atom. The largest absolute Gasteiger partial charge is 0.493 e. The van der Waals surface area contributed by atoms with E-state index >= 15 is 0 Å². The van der Waals surface area contributed by atoms with Crippen LogP contribution in [-0.2, 0) is 6.54 Å². The monoisotopic (exact) mass is 257 g/mol. The fourth-order valence-electron chi connectivity index (χ4n) is 1.86. The lowest BCUT2D eigenvalue weighted by Gasteiger charge is -2.12. The summed E-state index contributed by atoms with van der Waals surface area (Å²) < 4.78 is 10.8. The van der Waals surface area contributed by atoms with Crippen LogP contribution < -0.4 is 14.8 Å². The third-order valence-corrected chi connectivity index (χ3v) is 2.80. The SMILES string of the molecule is CCOc1cc(CNc2ccccc2)ccc1OC. The Bertz CT molecular complexity index is 511. The molecule has 19 heavy (non-hydrogen) atoms. The Morgan fingerprint density at radius 1 is 1.00 bits per heavy atom. The molecule has 0 aliphatic carbocycles. The van der Waals surface area contributed by atoms with Crippen molar-refractivity contribution in [1.82, 2.24) is 0 Å². The van der Waals surface area contributed by atoms with Crippen LogP contribution in [-0.4, -0.2) is 13.7 Å². The van der Waals surface area contributed by atoms with Crippen LogP contribution >= 0.6 is 0 Å². The number of benzene rings is 2. The Kier molecular flexibility index (Phi) is 4.67. The molecule has 0 bridgehead atoms. The van der Waals surface area contributed by atoms with Crippen molar-refractivity contribution >= 4 is 5.69 Å². The van der Waals surface area contributed by atoms with Crippen LogP contribution in [0.1, 0.15) is 12.5 Å². The number of hydrogen-bond donors (Lipinski definition) is 1. The van der Waals surface area contributed by atoms with Gasteiger partial charge in [-0.05, 0) is 36.8 Å². The summed E-state index contributed by atoms with van der Waals surface area (Å²) in [5.74, 6) is 1.56. The molecule has 3 heteroatoms. The highest BCUT2D eigenvalue weighted by molar-refractivity contribution is 5.46. The van der Waals surface area contributed by atoms with Crippen LogP contribution in [0.15, 0.2) is 48.5 Å². The molecule has 0 radical (unpaired) electrons.